The largest absolute Gasteiger partial charge is 0.504 e. The van der Waals surface area contributed by atoms with E-state index in [4.69, 9.17) is 49.0 Å². The summed E-state index contributed by atoms with van der Waals surface area (Å²) in [6, 6.07) is 6.49. The minimum Gasteiger partial charge on any atom is -0.504 e. The molecule has 30 heavy (non-hydrogen) atoms. The molecule has 0 spiro atoms. The number of rotatable bonds is 4. The van der Waals surface area contributed by atoms with E-state index in [1.165, 1.54) is 6.33 Å². The standard InChI is InChI=1S/C20H16Cl3N3O4/c21-11-3-9(4-12(22)18(11)23)26-20-10-5-14(27)16(6-13(10)24-8-25-20)30-17-7-29-15-1-2-28-19(15)17/h3-6,8,15,17,19,27H,1-2,7H2,(H,24,25,26)/t15?,17-,19?/m1/s1. The van der Waals surface area contributed by atoms with Gasteiger partial charge in [0.1, 0.15) is 18.2 Å². The number of aromatic nitrogens is 2. The molecule has 0 aliphatic carbocycles. The summed E-state index contributed by atoms with van der Waals surface area (Å²) in [5.41, 5.74) is 1.19. The van der Waals surface area contributed by atoms with E-state index in [0.717, 1.165) is 6.42 Å². The summed E-state index contributed by atoms with van der Waals surface area (Å²) in [7, 11) is 0. The lowest BCUT2D eigenvalue weighted by Crippen LogP contribution is -2.32. The minimum atomic E-state index is -0.279. The van der Waals surface area contributed by atoms with Gasteiger partial charge >= 0.3 is 0 Å². The summed E-state index contributed by atoms with van der Waals surface area (Å²) >= 11 is 18.2. The Bertz CT molecular complexity index is 1110. The molecule has 2 unspecified atom stereocenters. The number of halogens is 3. The summed E-state index contributed by atoms with van der Waals surface area (Å²) in [4.78, 5) is 8.57. The van der Waals surface area contributed by atoms with E-state index in [1.54, 1.807) is 24.3 Å². The van der Waals surface area contributed by atoms with Crippen molar-refractivity contribution in [2.24, 2.45) is 0 Å². The number of fused-ring (bicyclic) bond motifs is 2. The van der Waals surface area contributed by atoms with E-state index in [0.29, 0.717) is 51.4 Å². The van der Waals surface area contributed by atoms with E-state index in [-0.39, 0.29) is 29.1 Å². The molecule has 2 aromatic carbocycles. The van der Waals surface area contributed by atoms with Crippen molar-refractivity contribution in [1.29, 1.82) is 0 Å². The van der Waals surface area contributed by atoms with Gasteiger partial charge in [-0.05, 0) is 24.6 Å². The highest BCUT2D eigenvalue weighted by Crippen LogP contribution is 2.38. The van der Waals surface area contributed by atoms with Crippen LogP contribution in [0.4, 0.5) is 11.5 Å². The third-order valence-corrected chi connectivity index (χ3v) is 6.36. The number of phenols is 1. The summed E-state index contributed by atoms with van der Waals surface area (Å²) in [6.07, 6.45) is 1.92. The first kappa shape index (κ1) is 19.9. The lowest BCUT2D eigenvalue weighted by molar-refractivity contribution is 0.0299. The number of anilines is 2. The molecule has 0 amide bonds. The van der Waals surface area contributed by atoms with Crippen molar-refractivity contribution in [2.75, 3.05) is 18.5 Å². The second-order valence-corrected chi connectivity index (χ2v) is 8.28. The number of nitrogens with zero attached hydrogens (tertiary/aromatic N) is 2. The molecule has 3 atom stereocenters. The third kappa shape index (κ3) is 3.61. The number of aromatic hydroxyl groups is 1. The Morgan fingerprint density at radius 2 is 1.87 bits per heavy atom. The van der Waals surface area contributed by atoms with Gasteiger partial charge in [0.25, 0.3) is 0 Å². The van der Waals surface area contributed by atoms with Crippen LogP contribution in [0.15, 0.2) is 30.6 Å². The molecular formula is C20H16Cl3N3O4. The van der Waals surface area contributed by atoms with Gasteiger partial charge in [0.05, 0.1) is 33.3 Å². The van der Waals surface area contributed by atoms with Crippen molar-refractivity contribution in [3.8, 4) is 11.5 Å². The van der Waals surface area contributed by atoms with Gasteiger partial charge in [-0.3, -0.25) is 0 Å². The Morgan fingerprint density at radius 3 is 2.67 bits per heavy atom. The topological polar surface area (TPSA) is 85.7 Å². The molecule has 2 aliphatic heterocycles. The number of hydrogen-bond donors (Lipinski definition) is 2. The summed E-state index contributed by atoms with van der Waals surface area (Å²) in [5, 5.41) is 15.2. The van der Waals surface area contributed by atoms with Crippen molar-refractivity contribution < 1.29 is 19.3 Å². The number of benzene rings is 2. The lowest BCUT2D eigenvalue weighted by Gasteiger charge is -2.19. The molecule has 1 aromatic heterocycles. The third-order valence-electron chi connectivity index (χ3n) is 5.16. The number of nitrogens with one attached hydrogen (secondary N) is 1. The zero-order valence-corrected chi connectivity index (χ0v) is 17.7. The maximum absolute atomic E-state index is 10.6. The minimum absolute atomic E-state index is 0.0334. The second kappa shape index (κ2) is 7.90. The van der Waals surface area contributed by atoms with Gasteiger partial charge in [0.2, 0.25) is 0 Å². The zero-order valence-electron chi connectivity index (χ0n) is 15.4. The molecule has 10 heteroatoms. The van der Waals surface area contributed by atoms with Crippen LogP contribution in [0.2, 0.25) is 15.1 Å². The van der Waals surface area contributed by atoms with Gasteiger partial charge in [-0.25, -0.2) is 9.97 Å². The molecule has 2 aliphatic rings. The molecule has 2 N–H and O–H groups in total. The summed E-state index contributed by atoms with van der Waals surface area (Å²) < 4.78 is 17.4. The normalized spacial score (nSPS) is 23.0. The molecule has 2 fully saturated rings. The van der Waals surface area contributed by atoms with Crippen LogP contribution in [0.25, 0.3) is 10.9 Å². The van der Waals surface area contributed by atoms with Crippen LogP contribution in [0.1, 0.15) is 6.42 Å². The highest BCUT2D eigenvalue weighted by molar-refractivity contribution is 6.48. The summed E-state index contributed by atoms with van der Waals surface area (Å²) in [5.74, 6) is 0.753. The highest BCUT2D eigenvalue weighted by Gasteiger charge is 2.43. The maximum atomic E-state index is 10.6. The fourth-order valence-electron chi connectivity index (χ4n) is 3.73. The maximum Gasteiger partial charge on any atom is 0.163 e. The monoisotopic (exact) mass is 467 g/mol. The van der Waals surface area contributed by atoms with E-state index in [1.807, 2.05) is 0 Å². The average Bonchev–Trinajstić information content (AvgIpc) is 3.32. The highest BCUT2D eigenvalue weighted by atomic mass is 35.5. The van der Waals surface area contributed by atoms with Gasteiger partial charge < -0.3 is 24.6 Å². The van der Waals surface area contributed by atoms with Crippen molar-refractivity contribution in [3.05, 3.63) is 45.7 Å². The molecule has 7 nitrogen and oxygen atoms in total. The Balaban J connectivity index is 1.45. The molecule has 3 aromatic rings. The molecule has 2 saturated heterocycles. The van der Waals surface area contributed by atoms with Crippen LogP contribution >= 0.6 is 34.8 Å². The van der Waals surface area contributed by atoms with Crippen molar-refractivity contribution in [3.63, 3.8) is 0 Å². The average molecular weight is 469 g/mol. The van der Waals surface area contributed by atoms with E-state index >= 15 is 0 Å². The predicted octanol–water partition coefficient (Wildman–Crippen LogP) is 4.97. The van der Waals surface area contributed by atoms with Gasteiger partial charge in [-0.1, -0.05) is 34.8 Å². The Hall–Kier alpha value is -2.03. The molecule has 5 rings (SSSR count). The van der Waals surface area contributed by atoms with Crippen molar-refractivity contribution in [2.45, 2.75) is 24.7 Å². The van der Waals surface area contributed by atoms with Crippen LogP contribution in [-0.2, 0) is 9.47 Å². The van der Waals surface area contributed by atoms with E-state index in [2.05, 4.69) is 15.3 Å². The lowest BCUT2D eigenvalue weighted by atomic mass is 10.1. The fourth-order valence-corrected chi connectivity index (χ4v) is 4.32. The predicted molar refractivity (Wildman–Crippen MR) is 114 cm³/mol. The zero-order chi connectivity index (χ0) is 20.8. The van der Waals surface area contributed by atoms with Crippen molar-refractivity contribution in [1.82, 2.24) is 9.97 Å². The fraction of sp³-hybridized carbons (Fsp3) is 0.300. The van der Waals surface area contributed by atoms with Crippen molar-refractivity contribution >= 4 is 57.2 Å². The number of phenolic OH excluding ortho intramolecular Hbond substituents is 1. The smallest absolute Gasteiger partial charge is 0.163 e. The first-order chi connectivity index (χ1) is 14.5. The summed E-state index contributed by atoms with van der Waals surface area (Å²) in [6.45, 7) is 1.07. The van der Waals surface area contributed by atoms with Crippen LogP contribution in [0.5, 0.6) is 11.5 Å². The second-order valence-electron chi connectivity index (χ2n) is 7.09. The Morgan fingerprint density at radius 1 is 1.07 bits per heavy atom. The Labute approximate surface area is 186 Å². The van der Waals surface area contributed by atoms with Gasteiger partial charge in [-0.15, -0.1) is 0 Å². The van der Waals surface area contributed by atoms with Crippen LogP contribution in [0, 0.1) is 0 Å². The first-order valence-corrected chi connectivity index (χ1v) is 10.4. The SMILES string of the molecule is Oc1cc2c(Nc3cc(Cl)c(Cl)c(Cl)c3)ncnc2cc1O[C@@H]1COC2CCOC21. The Kier molecular flexibility index (Phi) is 5.24. The van der Waals surface area contributed by atoms with E-state index in [9.17, 15) is 5.11 Å². The van der Waals surface area contributed by atoms with Gasteiger partial charge in [-0.2, -0.15) is 0 Å². The van der Waals surface area contributed by atoms with E-state index < -0.39 is 0 Å². The van der Waals surface area contributed by atoms with Gasteiger partial charge in [0, 0.05) is 23.7 Å². The van der Waals surface area contributed by atoms with Crippen LogP contribution in [0.3, 0.4) is 0 Å². The molecular weight excluding hydrogens is 453 g/mol. The van der Waals surface area contributed by atoms with Crippen LogP contribution < -0.4 is 10.1 Å². The number of ether oxygens (including phenoxy) is 3. The molecule has 3 heterocycles. The number of hydrogen-bond acceptors (Lipinski definition) is 7. The molecule has 0 radical (unpaired) electrons. The molecule has 156 valence electrons. The molecule has 0 saturated carbocycles. The van der Waals surface area contributed by atoms with Crippen LogP contribution in [-0.4, -0.2) is 46.6 Å². The molecule has 0 bridgehead atoms. The van der Waals surface area contributed by atoms with Gasteiger partial charge in [0.15, 0.2) is 17.6 Å². The first-order valence-electron chi connectivity index (χ1n) is 9.29. The quantitative estimate of drug-likeness (QED) is 0.523.